The number of phosphoric ester groups is 1. The third-order valence-electron chi connectivity index (χ3n) is 15.3. The molecular formula is C67H131N2O6P. The molecule has 450 valence electrons. The Balaban J connectivity index is 4.04. The summed E-state index contributed by atoms with van der Waals surface area (Å²) in [6, 6.07) is -0.909. The lowest BCUT2D eigenvalue weighted by atomic mass is 10.0. The van der Waals surface area contributed by atoms with Gasteiger partial charge in [-0.15, -0.1) is 0 Å². The maximum atomic E-state index is 13.0. The number of quaternary nitrogens is 1. The van der Waals surface area contributed by atoms with E-state index in [1.807, 2.05) is 27.2 Å². The van der Waals surface area contributed by atoms with Gasteiger partial charge in [-0.2, -0.15) is 0 Å². The van der Waals surface area contributed by atoms with Crippen molar-refractivity contribution in [3.63, 3.8) is 0 Å². The minimum absolute atomic E-state index is 0.00724. The van der Waals surface area contributed by atoms with Crippen LogP contribution in [0.4, 0.5) is 0 Å². The van der Waals surface area contributed by atoms with E-state index in [1.54, 1.807) is 6.08 Å². The van der Waals surface area contributed by atoms with Crippen LogP contribution < -0.4 is 10.2 Å². The van der Waals surface area contributed by atoms with Crippen LogP contribution >= 0.6 is 7.82 Å². The topological polar surface area (TPSA) is 108 Å². The predicted octanol–water partition coefficient (Wildman–Crippen LogP) is 20.3. The molecule has 0 aliphatic rings. The molecule has 0 heterocycles. The number of aliphatic hydroxyl groups is 1. The Hall–Kier alpha value is -1.28. The normalized spacial score (nSPS) is 13.9. The van der Waals surface area contributed by atoms with Gasteiger partial charge in [0.15, 0.2) is 0 Å². The summed E-state index contributed by atoms with van der Waals surface area (Å²) in [5.74, 6) is -0.205. The van der Waals surface area contributed by atoms with Gasteiger partial charge in [-0.05, 0) is 44.9 Å². The molecule has 9 heteroatoms. The number of likely N-dealkylation sites (N-methyl/N-ethyl adjacent to an activating group) is 1. The Morgan fingerprint density at radius 2 is 0.737 bits per heavy atom. The largest absolute Gasteiger partial charge is 0.756 e. The van der Waals surface area contributed by atoms with Crippen LogP contribution in [-0.2, 0) is 18.4 Å². The molecule has 0 bridgehead atoms. The van der Waals surface area contributed by atoms with Crippen molar-refractivity contribution in [1.29, 1.82) is 0 Å². The summed E-state index contributed by atoms with van der Waals surface area (Å²) in [6.45, 7) is 4.67. The summed E-state index contributed by atoms with van der Waals surface area (Å²) in [7, 11) is 1.25. The molecule has 0 aromatic heterocycles. The fourth-order valence-corrected chi connectivity index (χ4v) is 10.9. The maximum absolute atomic E-state index is 13.0. The Labute approximate surface area is 474 Å². The van der Waals surface area contributed by atoms with Crippen LogP contribution in [0.5, 0.6) is 0 Å². The van der Waals surface area contributed by atoms with E-state index < -0.39 is 26.6 Å². The van der Waals surface area contributed by atoms with E-state index in [0.717, 1.165) is 44.9 Å². The molecule has 0 aliphatic carbocycles. The zero-order valence-electron chi connectivity index (χ0n) is 51.5. The van der Waals surface area contributed by atoms with Crippen LogP contribution in [0.1, 0.15) is 335 Å². The molecule has 0 saturated carbocycles. The standard InChI is InChI=1S/C67H131N2O6P/c1-6-8-10-12-14-16-18-20-22-24-26-28-29-30-31-32-33-34-35-36-37-38-39-40-41-43-45-47-49-51-53-55-57-59-61-67(71)68-65(64-75-76(72,73)74-63-62-69(3,4)5)66(70)60-58-56-54-52-50-48-46-44-42-27-25-23-21-19-17-15-13-11-9-7-2/h42,44,50,52,58,60,65-66,70H,6-41,43,45-49,51,53-57,59,61-64H2,1-5H3,(H-,68,71,72,73)/b44-42+,52-50+,60-58+. The smallest absolute Gasteiger partial charge is 0.268 e. The van der Waals surface area contributed by atoms with Gasteiger partial charge >= 0.3 is 0 Å². The van der Waals surface area contributed by atoms with Gasteiger partial charge in [0.2, 0.25) is 5.91 Å². The molecule has 1 amide bonds. The lowest BCUT2D eigenvalue weighted by Gasteiger charge is -2.29. The molecular weight excluding hydrogens is 960 g/mol. The zero-order valence-corrected chi connectivity index (χ0v) is 52.4. The molecule has 8 nitrogen and oxygen atoms in total. The first-order valence-electron chi connectivity index (χ1n) is 33.4. The number of unbranched alkanes of at least 4 members (excludes halogenated alkanes) is 45. The summed E-state index contributed by atoms with van der Waals surface area (Å²) in [6.07, 6.45) is 77.0. The first-order chi connectivity index (χ1) is 37.0. The number of phosphoric acid groups is 1. The van der Waals surface area contributed by atoms with Gasteiger partial charge in [0.05, 0.1) is 39.9 Å². The summed E-state index contributed by atoms with van der Waals surface area (Å²) in [5, 5.41) is 13.9. The molecule has 3 unspecified atom stereocenters. The van der Waals surface area contributed by atoms with Crippen molar-refractivity contribution in [1.82, 2.24) is 5.32 Å². The molecule has 0 aromatic rings. The average Bonchev–Trinajstić information content (AvgIpc) is 3.38. The van der Waals surface area contributed by atoms with Crippen molar-refractivity contribution >= 4 is 13.7 Å². The van der Waals surface area contributed by atoms with Crippen LogP contribution in [0.2, 0.25) is 0 Å². The quantitative estimate of drug-likeness (QED) is 0.0272. The third-order valence-corrected chi connectivity index (χ3v) is 16.3. The van der Waals surface area contributed by atoms with Gasteiger partial charge in [0.1, 0.15) is 13.2 Å². The first kappa shape index (κ1) is 74.7. The third kappa shape index (κ3) is 60.4. The number of nitrogens with one attached hydrogen (secondary N) is 1. The molecule has 0 radical (unpaired) electrons. The van der Waals surface area contributed by atoms with Crippen molar-refractivity contribution in [2.45, 2.75) is 347 Å². The molecule has 0 rings (SSSR count). The van der Waals surface area contributed by atoms with Crippen molar-refractivity contribution in [2.75, 3.05) is 40.9 Å². The van der Waals surface area contributed by atoms with Gasteiger partial charge < -0.3 is 28.8 Å². The summed E-state index contributed by atoms with van der Waals surface area (Å²) in [4.78, 5) is 25.6. The highest BCUT2D eigenvalue weighted by molar-refractivity contribution is 7.45. The number of amides is 1. The van der Waals surface area contributed by atoms with E-state index in [1.165, 1.54) is 270 Å². The Kier molecular flexibility index (Phi) is 57.4. The lowest BCUT2D eigenvalue weighted by Crippen LogP contribution is -2.45. The second-order valence-corrected chi connectivity index (χ2v) is 25.6. The van der Waals surface area contributed by atoms with Gasteiger partial charge in [0, 0.05) is 6.42 Å². The number of allylic oxidation sites excluding steroid dienone is 5. The van der Waals surface area contributed by atoms with Crippen molar-refractivity contribution < 1.29 is 32.9 Å². The van der Waals surface area contributed by atoms with E-state index in [-0.39, 0.29) is 12.5 Å². The predicted molar refractivity (Wildman–Crippen MR) is 330 cm³/mol. The number of rotatable bonds is 62. The highest BCUT2D eigenvalue weighted by atomic mass is 31.2. The maximum Gasteiger partial charge on any atom is 0.268 e. The number of carbonyl (C=O) groups is 1. The van der Waals surface area contributed by atoms with Gasteiger partial charge in [0.25, 0.3) is 7.82 Å². The highest BCUT2D eigenvalue weighted by Crippen LogP contribution is 2.38. The minimum atomic E-state index is -4.61. The van der Waals surface area contributed by atoms with Gasteiger partial charge in [-0.1, -0.05) is 320 Å². The van der Waals surface area contributed by atoms with E-state index in [9.17, 15) is 19.4 Å². The molecule has 0 spiro atoms. The van der Waals surface area contributed by atoms with E-state index in [4.69, 9.17) is 9.05 Å². The minimum Gasteiger partial charge on any atom is -0.756 e. The van der Waals surface area contributed by atoms with Crippen molar-refractivity contribution in [3.05, 3.63) is 36.5 Å². The number of hydrogen-bond donors (Lipinski definition) is 2. The van der Waals surface area contributed by atoms with Crippen LogP contribution in [0, 0.1) is 0 Å². The number of nitrogens with zero attached hydrogens (tertiary/aromatic N) is 1. The van der Waals surface area contributed by atoms with Crippen LogP contribution in [0.25, 0.3) is 0 Å². The van der Waals surface area contributed by atoms with Crippen LogP contribution in [-0.4, -0.2) is 68.5 Å². The molecule has 0 saturated heterocycles. The SMILES string of the molecule is CCCCCCCCCCCC/C=C/CC/C=C/CC/C=C/C(O)C(COP(=O)([O-])OCC[N+](C)(C)C)NC(=O)CCCCCCCCCCCCCCCCCCCCCCCCCCCCCCCCCCCC. The van der Waals surface area contributed by atoms with Crippen LogP contribution in [0.3, 0.4) is 0 Å². The second-order valence-electron chi connectivity index (χ2n) is 24.2. The molecule has 0 aliphatic heterocycles. The fourth-order valence-electron chi connectivity index (χ4n) is 10.1. The van der Waals surface area contributed by atoms with E-state index >= 15 is 0 Å². The molecule has 3 atom stereocenters. The zero-order chi connectivity index (χ0) is 55.6. The molecule has 2 N–H and O–H groups in total. The molecule has 76 heavy (non-hydrogen) atoms. The Bertz CT molecular complexity index is 1330. The highest BCUT2D eigenvalue weighted by Gasteiger charge is 2.23. The fraction of sp³-hybridized carbons (Fsp3) is 0.896. The summed E-state index contributed by atoms with van der Waals surface area (Å²) >= 11 is 0. The first-order valence-corrected chi connectivity index (χ1v) is 34.8. The summed E-state index contributed by atoms with van der Waals surface area (Å²) in [5.41, 5.74) is 0. The average molecular weight is 1090 g/mol. The monoisotopic (exact) mass is 1090 g/mol. The number of hydrogen-bond acceptors (Lipinski definition) is 6. The van der Waals surface area contributed by atoms with E-state index in [0.29, 0.717) is 17.4 Å². The number of carbonyl (C=O) groups excluding carboxylic acids is 1. The van der Waals surface area contributed by atoms with Crippen molar-refractivity contribution in [3.8, 4) is 0 Å². The summed E-state index contributed by atoms with van der Waals surface area (Å²) < 4.78 is 23.4. The lowest BCUT2D eigenvalue weighted by molar-refractivity contribution is -0.870. The number of aliphatic hydroxyl groups excluding tert-OH is 1. The van der Waals surface area contributed by atoms with Crippen LogP contribution in [0.15, 0.2) is 36.5 Å². The second kappa shape index (κ2) is 58.4. The molecule has 0 fully saturated rings. The van der Waals surface area contributed by atoms with E-state index in [2.05, 4.69) is 43.5 Å². The van der Waals surface area contributed by atoms with Crippen molar-refractivity contribution in [2.24, 2.45) is 0 Å². The van der Waals surface area contributed by atoms with Gasteiger partial charge in [-0.25, -0.2) is 0 Å². The Morgan fingerprint density at radius 1 is 0.447 bits per heavy atom. The Morgan fingerprint density at radius 3 is 1.07 bits per heavy atom. The van der Waals surface area contributed by atoms with Gasteiger partial charge in [-0.3, -0.25) is 9.36 Å². The molecule has 0 aromatic carbocycles.